The largest absolute Gasteiger partial charge is 0.481 e. The van der Waals surface area contributed by atoms with E-state index in [1.54, 1.807) is 0 Å². The van der Waals surface area contributed by atoms with Gasteiger partial charge < -0.3 is 20.7 Å². The third-order valence-corrected chi connectivity index (χ3v) is 2.13. The quantitative estimate of drug-likeness (QED) is 0.662. The number of benzene rings is 1. The van der Waals surface area contributed by atoms with Crippen LogP contribution in [0.1, 0.15) is 12.0 Å². The molecule has 0 aliphatic heterocycles. The highest BCUT2D eigenvalue weighted by molar-refractivity contribution is 5.80. The molecule has 1 rings (SSSR count). The highest BCUT2D eigenvalue weighted by Gasteiger charge is 2.14. The van der Waals surface area contributed by atoms with Crippen molar-refractivity contribution in [1.82, 2.24) is 0 Å². The van der Waals surface area contributed by atoms with Gasteiger partial charge in [0, 0.05) is 0 Å². The van der Waals surface area contributed by atoms with Crippen molar-refractivity contribution in [2.45, 2.75) is 18.9 Å². The number of aliphatic carboxylic acids is 2. The Bertz CT molecular complexity index is 445. The van der Waals surface area contributed by atoms with Crippen molar-refractivity contribution in [3.8, 4) is 0 Å². The van der Waals surface area contributed by atoms with Gasteiger partial charge in [0.2, 0.25) is 0 Å². The van der Waals surface area contributed by atoms with Gasteiger partial charge in [-0.3, -0.25) is 14.4 Å². The maximum absolute atomic E-state index is 10.8. The number of nitrogens with two attached hydrogens (primary N) is 1. The maximum atomic E-state index is 10.8. The summed E-state index contributed by atoms with van der Waals surface area (Å²) in [5, 5.41) is 16.0. The Hall–Kier alpha value is -2.41. The average molecular weight is 283 g/mol. The number of methoxy groups -OCH3 is 1. The van der Waals surface area contributed by atoms with Crippen molar-refractivity contribution < 1.29 is 29.3 Å². The van der Waals surface area contributed by atoms with Crippen LogP contribution in [0.15, 0.2) is 30.3 Å². The first kappa shape index (κ1) is 17.6. The molecular weight excluding hydrogens is 266 g/mol. The average Bonchev–Trinajstić information content (AvgIpc) is 2.39. The first-order chi connectivity index (χ1) is 9.36. The summed E-state index contributed by atoms with van der Waals surface area (Å²) in [7, 11) is 1.39. The van der Waals surface area contributed by atoms with E-state index in [9.17, 15) is 14.4 Å². The third kappa shape index (κ3) is 8.65. The predicted octanol–water partition coefficient (Wildman–Crippen LogP) is 0.275. The Morgan fingerprint density at radius 1 is 1.20 bits per heavy atom. The first-order valence-electron chi connectivity index (χ1n) is 5.67. The molecule has 0 saturated heterocycles. The molecule has 0 bridgehead atoms. The van der Waals surface area contributed by atoms with Crippen molar-refractivity contribution in [2.24, 2.45) is 5.73 Å². The van der Waals surface area contributed by atoms with E-state index in [0.717, 1.165) is 5.56 Å². The van der Waals surface area contributed by atoms with Crippen LogP contribution >= 0.6 is 0 Å². The molecule has 0 heterocycles. The molecule has 0 amide bonds. The molecular formula is C13H17NO6. The summed E-state index contributed by atoms with van der Waals surface area (Å²) in [6.07, 6.45) is -0.174. The number of carboxylic acid groups (broad SMARTS) is 2. The lowest BCUT2D eigenvalue weighted by Crippen LogP contribution is -2.32. The molecule has 4 N–H and O–H groups in total. The van der Waals surface area contributed by atoms with Crippen molar-refractivity contribution in [3.05, 3.63) is 35.9 Å². The molecule has 20 heavy (non-hydrogen) atoms. The summed E-state index contributed by atoms with van der Waals surface area (Å²) < 4.78 is 4.52. The fourth-order valence-electron chi connectivity index (χ4n) is 1.11. The summed E-state index contributed by atoms with van der Waals surface area (Å²) in [6, 6.07) is 8.23. The number of carboxylic acids is 2. The Labute approximate surface area is 116 Å². The SMILES string of the molecule is COC(=O)Cc1ccccc1.N[C@@H](CC(=O)O)C(=O)O. The van der Waals surface area contributed by atoms with Crippen LogP contribution < -0.4 is 5.73 Å². The monoisotopic (exact) mass is 283 g/mol. The molecule has 110 valence electrons. The molecule has 0 aliphatic rings. The van der Waals surface area contributed by atoms with Crippen LogP contribution in [0.3, 0.4) is 0 Å². The Morgan fingerprint density at radius 2 is 1.75 bits per heavy atom. The van der Waals surface area contributed by atoms with Gasteiger partial charge in [-0.05, 0) is 5.56 Å². The van der Waals surface area contributed by atoms with Crippen LogP contribution in [0.4, 0.5) is 0 Å². The number of esters is 1. The van der Waals surface area contributed by atoms with Gasteiger partial charge in [-0.25, -0.2) is 0 Å². The fourth-order valence-corrected chi connectivity index (χ4v) is 1.11. The minimum Gasteiger partial charge on any atom is -0.481 e. The lowest BCUT2D eigenvalue weighted by Gasteiger charge is -1.99. The summed E-state index contributed by atoms with van der Waals surface area (Å²) in [6.45, 7) is 0. The van der Waals surface area contributed by atoms with Gasteiger partial charge in [-0.2, -0.15) is 0 Å². The second-order valence-corrected chi connectivity index (χ2v) is 3.78. The topological polar surface area (TPSA) is 127 Å². The van der Waals surface area contributed by atoms with E-state index >= 15 is 0 Å². The van der Waals surface area contributed by atoms with Crippen molar-refractivity contribution in [1.29, 1.82) is 0 Å². The highest BCUT2D eigenvalue weighted by atomic mass is 16.5. The minimum atomic E-state index is -1.29. The second-order valence-electron chi connectivity index (χ2n) is 3.78. The number of hydrogen-bond acceptors (Lipinski definition) is 5. The van der Waals surface area contributed by atoms with E-state index < -0.39 is 24.4 Å². The molecule has 0 saturated carbocycles. The molecule has 0 unspecified atom stereocenters. The summed E-state index contributed by atoms with van der Waals surface area (Å²) in [5.41, 5.74) is 5.82. The van der Waals surface area contributed by atoms with E-state index in [1.807, 2.05) is 30.3 Å². The maximum Gasteiger partial charge on any atom is 0.321 e. The Morgan fingerprint density at radius 3 is 2.10 bits per heavy atom. The molecule has 0 fully saturated rings. The minimum absolute atomic E-state index is 0.198. The molecule has 7 nitrogen and oxygen atoms in total. The zero-order chi connectivity index (χ0) is 15.5. The number of ether oxygens (including phenoxy) is 1. The van der Waals surface area contributed by atoms with Gasteiger partial charge in [0.05, 0.1) is 20.0 Å². The molecule has 1 aromatic rings. The molecule has 0 aromatic heterocycles. The lowest BCUT2D eigenvalue weighted by molar-refractivity contribution is -0.144. The zero-order valence-electron chi connectivity index (χ0n) is 11.0. The second kappa shape index (κ2) is 9.51. The van der Waals surface area contributed by atoms with Crippen molar-refractivity contribution >= 4 is 17.9 Å². The van der Waals surface area contributed by atoms with Crippen LogP contribution in [-0.4, -0.2) is 41.3 Å². The Kier molecular flexibility index (Phi) is 8.36. The summed E-state index contributed by atoms with van der Waals surface area (Å²) >= 11 is 0. The third-order valence-electron chi connectivity index (χ3n) is 2.13. The lowest BCUT2D eigenvalue weighted by atomic mass is 10.2. The molecule has 1 atom stereocenters. The summed E-state index contributed by atoms with van der Waals surface area (Å²) in [4.78, 5) is 30.4. The van der Waals surface area contributed by atoms with E-state index in [0.29, 0.717) is 6.42 Å². The fraction of sp³-hybridized carbons (Fsp3) is 0.308. The molecule has 7 heteroatoms. The molecule has 0 aliphatic carbocycles. The molecule has 0 spiro atoms. The normalized spacial score (nSPS) is 10.7. The van der Waals surface area contributed by atoms with Gasteiger partial charge in [-0.1, -0.05) is 30.3 Å². The van der Waals surface area contributed by atoms with Crippen LogP contribution in [0.25, 0.3) is 0 Å². The number of rotatable bonds is 5. The van der Waals surface area contributed by atoms with E-state index in [4.69, 9.17) is 15.9 Å². The zero-order valence-corrected chi connectivity index (χ0v) is 11.0. The van der Waals surface area contributed by atoms with Gasteiger partial charge in [0.1, 0.15) is 6.04 Å². The standard InChI is InChI=1S/C9H10O2.C4H7NO4/c1-11-9(10)7-8-5-3-2-4-6-8;5-2(4(8)9)1-3(6)7/h2-6H,7H2,1H3;2H,1,5H2,(H,6,7)(H,8,9)/t;2-/m.0/s1. The van der Waals surface area contributed by atoms with E-state index in [1.165, 1.54) is 7.11 Å². The van der Waals surface area contributed by atoms with Gasteiger partial charge in [0.25, 0.3) is 0 Å². The van der Waals surface area contributed by atoms with Crippen LogP contribution in [-0.2, 0) is 25.5 Å². The molecule has 0 radical (unpaired) electrons. The molecule has 1 aromatic carbocycles. The van der Waals surface area contributed by atoms with Crippen molar-refractivity contribution in [2.75, 3.05) is 7.11 Å². The van der Waals surface area contributed by atoms with Gasteiger partial charge in [0.15, 0.2) is 0 Å². The van der Waals surface area contributed by atoms with Gasteiger partial charge in [-0.15, -0.1) is 0 Å². The predicted molar refractivity (Wildman–Crippen MR) is 70.0 cm³/mol. The van der Waals surface area contributed by atoms with Gasteiger partial charge >= 0.3 is 17.9 Å². The number of carbonyl (C=O) groups is 3. The Balaban J connectivity index is 0.000000370. The smallest absolute Gasteiger partial charge is 0.321 e. The number of carbonyl (C=O) groups excluding carboxylic acids is 1. The van der Waals surface area contributed by atoms with E-state index in [-0.39, 0.29) is 5.97 Å². The van der Waals surface area contributed by atoms with Crippen LogP contribution in [0, 0.1) is 0 Å². The van der Waals surface area contributed by atoms with Crippen molar-refractivity contribution in [3.63, 3.8) is 0 Å². The summed E-state index contributed by atoms with van der Waals surface area (Å²) in [5.74, 6) is -2.70. The van der Waals surface area contributed by atoms with Crippen LogP contribution in [0.5, 0.6) is 0 Å². The van der Waals surface area contributed by atoms with E-state index in [2.05, 4.69) is 4.74 Å². The van der Waals surface area contributed by atoms with Crippen LogP contribution in [0.2, 0.25) is 0 Å². The highest BCUT2D eigenvalue weighted by Crippen LogP contribution is 1.99. The number of hydrogen-bond donors (Lipinski definition) is 3. The first-order valence-corrected chi connectivity index (χ1v) is 5.67.